The van der Waals surface area contributed by atoms with Crippen molar-refractivity contribution in [1.29, 1.82) is 0 Å². The van der Waals surface area contributed by atoms with E-state index in [1.165, 1.54) is 0 Å². The van der Waals surface area contributed by atoms with Crippen molar-refractivity contribution in [2.75, 3.05) is 22.6 Å². The highest BCUT2D eigenvalue weighted by molar-refractivity contribution is 5.91. The van der Waals surface area contributed by atoms with E-state index in [1.54, 1.807) is 29.6 Å². The Balaban J connectivity index is 1.61. The summed E-state index contributed by atoms with van der Waals surface area (Å²) in [7, 11) is 1.77. The maximum atomic E-state index is 11.6. The van der Waals surface area contributed by atoms with Crippen molar-refractivity contribution in [3.05, 3.63) is 42.2 Å². The number of fused-ring (bicyclic) bond motifs is 1. The maximum absolute atomic E-state index is 11.6. The molecule has 2 aromatic heterocycles. The van der Waals surface area contributed by atoms with Crippen LogP contribution in [0.1, 0.15) is 38.2 Å². The lowest BCUT2D eigenvalue weighted by Gasteiger charge is -2.28. The number of benzene rings is 1. The Labute approximate surface area is 176 Å². The van der Waals surface area contributed by atoms with Gasteiger partial charge in [0.05, 0.1) is 5.69 Å². The first-order valence-electron chi connectivity index (χ1n) is 10.4. The number of imidazole rings is 1. The summed E-state index contributed by atoms with van der Waals surface area (Å²) in [4.78, 5) is 17.7. The minimum atomic E-state index is -0.000772. The normalized spacial score (nSPS) is 18.9. The van der Waals surface area contributed by atoms with Gasteiger partial charge in [-0.2, -0.15) is 0 Å². The van der Waals surface area contributed by atoms with Crippen molar-refractivity contribution in [2.45, 2.75) is 51.6 Å². The minimum Gasteiger partial charge on any atom is -0.366 e. The van der Waals surface area contributed by atoms with Crippen LogP contribution in [-0.2, 0) is 4.79 Å². The topological polar surface area (TPSA) is 101 Å². The minimum absolute atomic E-state index is 0.000772. The van der Waals surface area contributed by atoms with E-state index in [0.29, 0.717) is 12.1 Å². The molecular weight excluding hydrogens is 378 g/mol. The molecule has 0 saturated heterocycles. The molecule has 8 heteroatoms. The molecule has 0 bridgehead atoms. The third kappa shape index (κ3) is 4.09. The molecule has 4 N–H and O–H groups in total. The highest BCUT2D eigenvalue weighted by atomic mass is 16.2. The first kappa shape index (κ1) is 20.2. The van der Waals surface area contributed by atoms with E-state index >= 15 is 0 Å². The first-order chi connectivity index (χ1) is 14.4. The van der Waals surface area contributed by atoms with E-state index in [9.17, 15) is 4.79 Å². The summed E-state index contributed by atoms with van der Waals surface area (Å²) in [5, 5.41) is 11.8. The van der Waals surface area contributed by atoms with Crippen LogP contribution in [0.15, 0.2) is 36.7 Å². The van der Waals surface area contributed by atoms with Gasteiger partial charge in [0, 0.05) is 55.4 Å². The molecule has 8 nitrogen and oxygen atoms in total. The number of rotatable bonds is 5. The molecule has 1 fully saturated rings. The number of carbonyl (C=O) groups excluding carboxylic acids is 1. The third-order valence-electron chi connectivity index (χ3n) is 5.89. The molecule has 0 aliphatic heterocycles. The number of hydrogen-bond donors (Lipinski definition) is 3. The Morgan fingerprint density at radius 3 is 2.57 bits per heavy atom. The van der Waals surface area contributed by atoms with E-state index in [2.05, 4.69) is 22.5 Å². The Bertz CT molecular complexity index is 1040. The van der Waals surface area contributed by atoms with Crippen LogP contribution >= 0.6 is 0 Å². The Morgan fingerprint density at radius 2 is 1.90 bits per heavy atom. The third-order valence-corrected chi connectivity index (χ3v) is 5.89. The number of nitrogens with one attached hydrogen (secondary N) is 2. The Hall–Kier alpha value is -3.13. The summed E-state index contributed by atoms with van der Waals surface area (Å²) in [5.74, 6) is 0.857. The van der Waals surface area contributed by atoms with Crippen LogP contribution in [0.25, 0.3) is 5.65 Å². The van der Waals surface area contributed by atoms with Crippen LogP contribution in [0, 0.1) is 6.92 Å². The van der Waals surface area contributed by atoms with Gasteiger partial charge >= 0.3 is 0 Å². The fraction of sp³-hybridized carbons (Fsp3) is 0.409. The molecule has 2 heterocycles. The summed E-state index contributed by atoms with van der Waals surface area (Å²) >= 11 is 0. The summed E-state index contributed by atoms with van der Waals surface area (Å²) < 4.78 is 1.80. The number of nitrogens with two attached hydrogens (primary N) is 1. The monoisotopic (exact) mass is 407 g/mol. The smallest absolute Gasteiger partial charge is 0.223 e. The molecular formula is C22H29N7O. The SMILES string of the molecule is CC(=O)N(C)c1ccc(Nc2c(C)c(N[C@H]3CC[C@H](N)CC3)nn3ccnc23)cc1. The largest absolute Gasteiger partial charge is 0.366 e. The maximum Gasteiger partial charge on any atom is 0.223 e. The molecule has 0 unspecified atom stereocenters. The first-order valence-corrected chi connectivity index (χ1v) is 10.4. The van der Waals surface area contributed by atoms with Crippen molar-refractivity contribution in [3.63, 3.8) is 0 Å². The second-order valence-electron chi connectivity index (χ2n) is 8.05. The van der Waals surface area contributed by atoms with E-state index in [4.69, 9.17) is 10.8 Å². The molecule has 1 aromatic carbocycles. The Morgan fingerprint density at radius 1 is 1.20 bits per heavy atom. The zero-order chi connectivity index (χ0) is 21.3. The van der Waals surface area contributed by atoms with Crippen LogP contribution in [0.5, 0.6) is 0 Å². The van der Waals surface area contributed by atoms with Gasteiger partial charge in [-0.1, -0.05) is 0 Å². The van der Waals surface area contributed by atoms with Gasteiger partial charge in [0.1, 0.15) is 0 Å². The van der Waals surface area contributed by atoms with Crippen molar-refractivity contribution in [2.24, 2.45) is 5.73 Å². The lowest BCUT2D eigenvalue weighted by atomic mass is 9.92. The van der Waals surface area contributed by atoms with Crippen molar-refractivity contribution >= 4 is 34.4 Å². The van der Waals surface area contributed by atoms with Crippen molar-refractivity contribution in [3.8, 4) is 0 Å². The second-order valence-corrected chi connectivity index (χ2v) is 8.05. The molecule has 1 aliphatic rings. The number of nitrogens with zero attached hydrogens (tertiary/aromatic N) is 4. The zero-order valence-electron chi connectivity index (χ0n) is 17.7. The molecule has 0 spiro atoms. The van der Waals surface area contributed by atoms with Gasteiger partial charge in [-0.25, -0.2) is 9.50 Å². The summed E-state index contributed by atoms with van der Waals surface area (Å²) in [6.45, 7) is 3.61. The number of amides is 1. The molecule has 158 valence electrons. The fourth-order valence-electron chi connectivity index (χ4n) is 3.86. The average molecular weight is 408 g/mol. The van der Waals surface area contributed by atoms with Gasteiger partial charge in [0.15, 0.2) is 11.5 Å². The van der Waals surface area contributed by atoms with Gasteiger partial charge in [-0.15, -0.1) is 5.10 Å². The average Bonchev–Trinajstić information content (AvgIpc) is 3.21. The highest BCUT2D eigenvalue weighted by Gasteiger charge is 2.21. The van der Waals surface area contributed by atoms with E-state index in [-0.39, 0.29) is 5.91 Å². The van der Waals surface area contributed by atoms with E-state index in [1.807, 2.05) is 30.5 Å². The number of anilines is 4. The number of aromatic nitrogens is 3. The van der Waals surface area contributed by atoms with Crippen molar-refractivity contribution in [1.82, 2.24) is 14.6 Å². The zero-order valence-corrected chi connectivity index (χ0v) is 17.7. The molecule has 30 heavy (non-hydrogen) atoms. The van der Waals surface area contributed by atoms with Gasteiger partial charge in [-0.3, -0.25) is 4.79 Å². The van der Waals surface area contributed by atoms with Gasteiger partial charge in [-0.05, 0) is 56.9 Å². The number of hydrogen-bond acceptors (Lipinski definition) is 6. The Kier molecular flexibility index (Phi) is 5.59. The van der Waals surface area contributed by atoms with Crippen LogP contribution < -0.4 is 21.3 Å². The summed E-state index contributed by atoms with van der Waals surface area (Å²) in [5.41, 5.74) is 10.5. The molecule has 4 rings (SSSR count). The molecule has 0 radical (unpaired) electrons. The molecule has 1 aliphatic carbocycles. The quantitative estimate of drug-likeness (QED) is 0.599. The van der Waals surface area contributed by atoms with E-state index in [0.717, 1.165) is 59.8 Å². The standard InChI is InChI=1S/C22H29N7O/c1-14-20(25-17-8-10-19(11-9-17)28(3)15(2)30)22-24-12-13-29(22)27-21(14)26-18-6-4-16(23)5-7-18/h8-13,16,18,25H,4-7,23H2,1-3H3,(H,26,27)/t16-,18-. The van der Waals surface area contributed by atoms with Gasteiger partial charge in [0.25, 0.3) is 0 Å². The van der Waals surface area contributed by atoms with Crippen LogP contribution in [0.4, 0.5) is 22.9 Å². The van der Waals surface area contributed by atoms with Gasteiger partial charge in [0.2, 0.25) is 5.91 Å². The fourth-order valence-corrected chi connectivity index (χ4v) is 3.86. The van der Waals surface area contributed by atoms with E-state index < -0.39 is 0 Å². The van der Waals surface area contributed by atoms with Crippen LogP contribution in [0.2, 0.25) is 0 Å². The molecule has 1 saturated carbocycles. The lowest BCUT2D eigenvalue weighted by molar-refractivity contribution is -0.116. The predicted molar refractivity (Wildman–Crippen MR) is 120 cm³/mol. The second kappa shape index (κ2) is 8.31. The number of carbonyl (C=O) groups is 1. The lowest BCUT2D eigenvalue weighted by Crippen LogP contribution is -2.33. The highest BCUT2D eigenvalue weighted by Crippen LogP contribution is 2.31. The van der Waals surface area contributed by atoms with Crippen molar-refractivity contribution < 1.29 is 4.79 Å². The van der Waals surface area contributed by atoms with Crippen LogP contribution in [-0.4, -0.2) is 39.6 Å². The molecule has 3 aromatic rings. The summed E-state index contributed by atoms with van der Waals surface area (Å²) in [6, 6.07) is 8.47. The molecule has 0 atom stereocenters. The molecule has 1 amide bonds. The van der Waals surface area contributed by atoms with Gasteiger partial charge < -0.3 is 21.3 Å². The summed E-state index contributed by atoms with van der Waals surface area (Å²) in [6.07, 6.45) is 7.79. The van der Waals surface area contributed by atoms with Crippen LogP contribution in [0.3, 0.4) is 0 Å². The predicted octanol–water partition coefficient (Wildman–Crippen LogP) is 3.45.